The van der Waals surface area contributed by atoms with Crippen molar-refractivity contribution in [3.63, 3.8) is 0 Å². The number of anilines is 2. The van der Waals surface area contributed by atoms with Gasteiger partial charge in [0.1, 0.15) is 65.8 Å². The average Bonchev–Trinajstić information content (AvgIpc) is 1.69. The lowest BCUT2D eigenvalue weighted by atomic mass is 9.77. The average molecular weight is 1400 g/mol. The number of carboxylic acids is 2. The third-order valence-electron chi connectivity index (χ3n) is 20.4. The Kier molecular flexibility index (Phi) is 18.7. The Balaban J connectivity index is 1.03. The number of aliphatic carboxylic acids is 1. The molecule has 6 aromatic rings. The molecule has 7 aliphatic rings. The molecule has 5 bridgehead atoms. The van der Waals surface area contributed by atoms with Crippen molar-refractivity contribution in [1.82, 2.24) is 9.55 Å². The van der Waals surface area contributed by atoms with E-state index in [1.807, 2.05) is 0 Å². The summed E-state index contributed by atoms with van der Waals surface area (Å²) >= 11 is 0. The number of fused-ring (bicyclic) bond motifs is 15. The molecule has 15 atom stereocenters. The summed E-state index contributed by atoms with van der Waals surface area (Å²) in [5.41, 5.74) is -8.38. The summed E-state index contributed by atoms with van der Waals surface area (Å²) in [7, 11) is 0. The zero-order valence-electron chi connectivity index (χ0n) is 57.3. The number of carbonyl (C=O) groups excluding carboxylic acids is 3. The topological polar surface area (TPSA) is 396 Å². The Morgan fingerprint density at radius 2 is 1.64 bits per heavy atom. The molecule has 29 heteroatoms. The number of aliphatic hydroxyl groups excluding tert-OH is 3. The highest BCUT2D eigenvalue weighted by molar-refractivity contribution is 6.17. The number of esters is 2. The molecule has 2 aromatic heterocycles. The van der Waals surface area contributed by atoms with Crippen LogP contribution in [0.1, 0.15) is 129 Å². The number of aromatic nitrogens is 2. The van der Waals surface area contributed by atoms with E-state index in [4.69, 9.17) is 52.0 Å². The summed E-state index contributed by atoms with van der Waals surface area (Å²) in [6, 6.07) is 3.00. The molecule has 28 nitrogen and oxygen atoms in total. The number of ether oxygens (including phenoxy) is 9. The van der Waals surface area contributed by atoms with E-state index < -0.39 is 194 Å². The van der Waals surface area contributed by atoms with Crippen molar-refractivity contribution in [1.29, 1.82) is 0 Å². The number of aromatic carboxylic acids is 1. The van der Waals surface area contributed by atoms with Crippen LogP contribution in [0, 0.1) is 41.8 Å². The number of hydrogen-bond donors (Lipinski definition) is 8. The largest absolute Gasteiger partial charge is 0.507 e. The first-order valence-electron chi connectivity index (χ1n) is 33.2. The first-order valence-corrected chi connectivity index (χ1v) is 33.2. The zero-order valence-corrected chi connectivity index (χ0v) is 57.3. The highest BCUT2D eigenvalue weighted by atomic mass is 19.1. The number of amides is 1. The van der Waals surface area contributed by atoms with Crippen molar-refractivity contribution in [2.75, 3.05) is 24.0 Å². The highest BCUT2D eigenvalue weighted by Crippen LogP contribution is 2.55. The van der Waals surface area contributed by atoms with Gasteiger partial charge in [0.05, 0.1) is 87.3 Å². The Morgan fingerprint density at radius 1 is 0.921 bits per heavy atom. The van der Waals surface area contributed by atoms with Crippen molar-refractivity contribution in [3.05, 3.63) is 119 Å². The number of benzene rings is 4. The predicted octanol–water partition coefficient (Wildman–Crippen LogP) is 7.43. The molecule has 0 spiro atoms. The number of carboxylic acid groups (broad SMARTS) is 2. The number of nitrogens with one attached hydrogen (secondary N) is 2. The first-order chi connectivity index (χ1) is 47.6. The quantitative estimate of drug-likeness (QED) is 0.0335. The van der Waals surface area contributed by atoms with Gasteiger partial charge in [-0.1, -0.05) is 39.0 Å². The third kappa shape index (κ3) is 12.7. The Hall–Kier alpha value is -9.52. The maximum absolute atomic E-state index is 16.8. The molecule has 4 aromatic carbocycles. The van der Waals surface area contributed by atoms with Crippen molar-refractivity contribution in [3.8, 4) is 17.2 Å². The van der Waals surface area contributed by atoms with E-state index in [2.05, 4.69) is 10.6 Å². The number of aromatic hydroxyl groups is 1. The van der Waals surface area contributed by atoms with Crippen LogP contribution < -0.4 is 41.6 Å². The van der Waals surface area contributed by atoms with Crippen molar-refractivity contribution >= 4 is 90.8 Å². The van der Waals surface area contributed by atoms with E-state index in [9.17, 15) is 64.2 Å². The van der Waals surface area contributed by atoms with E-state index in [0.717, 1.165) is 18.4 Å². The number of allylic oxidation sites excluding steroid dienone is 2. The number of phenolic OH excluding ortho intramolecular Hbond substituents is 1. The van der Waals surface area contributed by atoms with Gasteiger partial charge in [0.25, 0.3) is 5.91 Å². The standard InChI is InChI=1S/C72H79FN4O24/c1-28-14-13-15-38(34(7)97-69(91)70(10,11)24-46(80)81)57(83)31(4)56(82)32(5)61(98-36(9)78)30(3)43(99-47-23-45-63(35(8)96-47)94-27-93-45)16-19-95-71(12)66(87)50-48-49(58(84)33(6)62(50)101-71)60(86)54(75-67(28)88)65-53(48)74-52-42(79)20-37(21-44(52)100-65)76-72(17-18-72)51-41(73)22-39-55-64(51)92-26-29(2)77(55)25-40(59(39)85)68(89)90/h13-16,19-22,25,29-32,34-35,38,43,45,47,56-57,61,63,76,82-84,87H,17-18,23-24,26-27H2,1-12H3,(H,75,88)(H,80,81)(H,89,90)/b15-13+,19-16+,28-14-/t29-,30+,31-,32+,34?,35+,38+,43-,45-,47-,56+,57+,61+,63+,71-/m0/s1. The number of pyridine rings is 1. The SMILES string of the molecule is CC(=O)O[C@H]1[C@H](C)[C@H](O)[C@H](C)[C@@H](O)[C@@H](C(C)OC(=O)C(C)(C)CC(=O)O)/C=C/C=C(/C)C(=O)Nc2c(=O)c3c(O)c(C)c4c(c3c3nc5c(=O)cc(NC6(c7c(F)cc8c(=O)c(C(=O)O)cn9c8c7OC[C@@H]9C)CC6)cc5oc23)=C(O)[C@@](C)(O/C=C/[C@H](O[C@H]2C[C@@H]3OCO[C@@H]3[C@@H](C)O2)[C@H]1C)O4. The number of phenols is 1. The number of hydrogen-bond acceptors (Lipinski definition) is 24. The van der Waals surface area contributed by atoms with Crippen LogP contribution in [0.2, 0.25) is 0 Å². The molecule has 8 N–H and O–H groups in total. The second-order valence-electron chi connectivity index (χ2n) is 28.1. The normalized spacial score (nSPS) is 29.6. The van der Waals surface area contributed by atoms with Gasteiger partial charge in [-0.15, -0.1) is 0 Å². The molecule has 13 rings (SSSR count). The van der Waals surface area contributed by atoms with Gasteiger partial charge in [-0.25, -0.2) is 14.2 Å². The molecule has 0 radical (unpaired) electrons. The van der Waals surface area contributed by atoms with Gasteiger partial charge in [0.15, 0.2) is 34.5 Å². The zero-order chi connectivity index (χ0) is 73.1. The Labute approximate surface area is 574 Å². The van der Waals surface area contributed by atoms with Crippen molar-refractivity contribution in [2.45, 2.75) is 181 Å². The molecule has 101 heavy (non-hydrogen) atoms. The van der Waals surface area contributed by atoms with E-state index >= 15 is 9.18 Å². The van der Waals surface area contributed by atoms with Gasteiger partial charge < -0.3 is 92.9 Å². The summed E-state index contributed by atoms with van der Waals surface area (Å²) in [5, 5.41) is 74.0. The maximum Gasteiger partial charge on any atom is 0.341 e. The molecule has 1 unspecified atom stereocenters. The number of nitrogens with zero attached hydrogens (tertiary/aromatic N) is 2. The molecule has 2 saturated heterocycles. The first kappa shape index (κ1) is 71.3. The van der Waals surface area contributed by atoms with E-state index in [-0.39, 0.29) is 105 Å². The number of halogens is 1. The fourth-order valence-corrected chi connectivity index (χ4v) is 14.5. The number of carbonyl (C=O) groups is 5. The summed E-state index contributed by atoms with van der Waals surface area (Å²) in [6.45, 7) is 17.7. The monoisotopic (exact) mass is 1400 g/mol. The molecule has 1 amide bonds. The fraction of sp³-hybridized carbons (Fsp3) is 0.486. The Bertz CT molecular complexity index is 4830. The van der Waals surface area contributed by atoms with Gasteiger partial charge in [0.2, 0.25) is 16.3 Å². The lowest BCUT2D eigenvalue weighted by Crippen LogP contribution is -2.50. The van der Waals surface area contributed by atoms with Crippen LogP contribution in [0.5, 0.6) is 17.2 Å². The predicted molar refractivity (Wildman–Crippen MR) is 358 cm³/mol. The lowest BCUT2D eigenvalue weighted by molar-refractivity contribution is -0.246. The summed E-state index contributed by atoms with van der Waals surface area (Å²) in [5.74, 6) is -14.6. The molecule has 1 aliphatic carbocycles. The maximum atomic E-state index is 16.8. The van der Waals surface area contributed by atoms with Crippen LogP contribution in [0.15, 0.2) is 79.3 Å². The summed E-state index contributed by atoms with van der Waals surface area (Å²) in [6.07, 6.45) is -1.36. The van der Waals surface area contributed by atoms with Gasteiger partial charge in [0, 0.05) is 84.5 Å². The van der Waals surface area contributed by atoms with Crippen molar-refractivity contribution < 1.29 is 106 Å². The van der Waals surface area contributed by atoms with Crippen LogP contribution >= 0.6 is 0 Å². The molecule has 538 valence electrons. The summed E-state index contributed by atoms with van der Waals surface area (Å²) in [4.78, 5) is 114. The number of aliphatic hydroxyl groups is 3. The minimum absolute atomic E-state index is 0.000115. The highest BCUT2D eigenvalue weighted by Gasteiger charge is 2.52. The minimum atomic E-state index is -2.23. The van der Waals surface area contributed by atoms with Crippen LogP contribution in [-0.4, -0.2) is 144 Å². The molecule has 3 fully saturated rings. The summed E-state index contributed by atoms with van der Waals surface area (Å²) < 4.78 is 80.5. The molecule has 8 heterocycles. The molecular weight excluding hydrogens is 1320 g/mol. The Morgan fingerprint density at radius 3 is 2.33 bits per heavy atom. The second kappa shape index (κ2) is 26.5. The van der Waals surface area contributed by atoms with Crippen LogP contribution in [0.3, 0.4) is 0 Å². The molecular formula is C72H79FN4O24. The van der Waals surface area contributed by atoms with Gasteiger partial charge >= 0.3 is 29.7 Å². The number of rotatable bonds is 12. The van der Waals surface area contributed by atoms with Gasteiger partial charge in [-0.05, 0) is 73.5 Å². The van der Waals surface area contributed by atoms with Gasteiger partial charge in [-0.3, -0.25) is 33.6 Å². The van der Waals surface area contributed by atoms with E-state index in [1.165, 1.54) is 92.0 Å². The van der Waals surface area contributed by atoms with Crippen LogP contribution in [0.25, 0.3) is 49.6 Å². The van der Waals surface area contributed by atoms with Crippen molar-refractivity contribution in [2.24, 2.45) is 29.1 Å². The van der Waals surface area contributed by atoms with E-state index in [1.54, 1.807) is 32.3 Å². The van der Waals surface area contributed by atoms with Crippen LogP contribution in [0.4, 0.5) is 15.8 Å². The van der Waals surface area contributed by atoms with Gasteiger partial charge in [-0.2, -0.15) is 0 Å². The van der Waals surface area contributed by atoms with Crippen LogP contribution in [-0.2, 0) is 57.9 Å². The lowest BCUT2D eigenvalue weighted by Gasteiger charge is -2.41. The molecule has 1 saturated carbocycles. The van der Waals surface area contributed by atoms with E-state index in [0.29, 0.717) is 0 Å². The third-order valence-corrected chi connectivity index (χ3v) is 20.4. The smallest absolute Gasteiger partial charge is 0.341 e. The second-order valence-corrected chi connectivity index (χ2v) is 28.1. The molecule has 6 aliphatic heterocycles. The fourth-order valence-electron chi connectivity index (χ4n) is 14.5. The minimum Gasteiger partial charge on any atom is -0.507 e.